The van der Waals surface area contributed by atoms with Crippen LogP contribution in [0.15, 0.2) is 11.6 Å². The number of allylic oxidation sites excluding steroid dienone is 1. The van der Waals surface area contributed by atoms with Gasteiger partial charge < -0.3 is 133 Å². The van der Waals surface area contributed by atoms with Gasteiger partial charge in [-0.15, -0.1) is 0 Å². The van der Waals surface area contributed by atoms with Crippen LogP contribution in [0.4, 0.5) is 0 Å². The Labute approximate surface area is 494 Å². The standard InChI is InChI=1S/C58H96O27/c1-22(21-75-50-42(68)40(66)37(63)32(19-59)80-50)11-16-57(74-8)26(5)58(73)34(85-57)18-31-29-10-9-27-17-28(12-14-55(27,6)30(29)13-15-56(31,58)7)79-54-49(84-52-44(70)39(65)36(62)24(3)77-52)46(72)48(33(20-60)81-54)83-53-45(71)41(67)47(25(4)78-53)82-51-43(69)38(64)35(61)23(2)76-51/h9,22-26,28-54,59-73H,10-21H2,1-8H3. The quantitative estimate of drug-likeness (QED) is 0.0633. The van der Waals surface area contributed by atoms with E-state index >= 15 is 0 Å². The van der Waals surface area contributed by atoms with E-state index in [1.807, 2.05) is 13.8 Å². The molecular formula is C58H96O27. The zero-order valence-corrected chi connectivity index (χ0v) is 49.6. The first-order chi connectivity index (χ1) is 40.1. The van der Waals surface area contributed by atoms with Crippen LogP contribution in [0.25, 0.3) is 0 Å². The van der Waals surface area contributed by atoms with E-state index in [2.05, 4.69) is 19.9 Å². The monoisotopic (exact) mass is 1220 g/mol. The molecule has 36 unspecified atom stereocenters. The Bertz CT molecular complexity index is 2270. The van der Waals surface area contributed by atoms with Gasteiger partial charge in [0.15, 0.2) is 37.2 Å². The molecule has 3 saturated carbocycles. The molecular weight excluding hydrogens is 1130 g/mol. The molecule has 4 aliphatic carbocycles. The number of rotatable bonds is 17. The van der Waals surface area contributed by atoms with Gasteiger partial charge >= 0.3 is 0 Å². The molecule has 0 aromatic heterocycles. The van der Waals surface area contributed by atoms with Crippen LogP contribution in [0.2, 0.25) is 0 Å². The molecule has 6 heterocycles. The summed E-state index contributed by atoms with van der Waals surface area (Å²) >= 11 is 0. The van der Waals surface area contributed by atoms with Crippen LogP contribution >= 0.6 is 0 Å². The summed E-state index contributed by atoms with van der Waals surface area (Å²) in [5.74, 6) is -1.02. The van der Waals surface area contributed by atoms with Gasteiger partial charge in [-0.25, -0.2) is 0 Å². The molecule has 0 spiro atoms. The first-order valence-corrected chi connectivity index (χ1v) is 30.6. The summed E-state index contributed by atoms with van der Waals surface area (Å²) in [6.45, 7) is 11.7. The molecule has 6 aliphatic heterocycles. The second kappa shape index (κ2) is 25.6. The summed E-state index contributed by atoms with van der Waals surface area (Å²) < 4.78 is 73.3. The number of aliphatic hydroxyl groups excluding tert-OH is 14. The lowest BCUT2D eigenvalue weighted by molar-refractivity contribution is -0.394. The first kappa shape index (κ1) is 66.6. The minimum atomic E-state index is -1.89. The van der Waals surface area contributed by atoms with E-state index in [1.165, 1.54) is 26.3 Å². The van der Waals surface area contributed by atoms with E-state index in [0.29, 0.717) is 38.5 Å². The Hall–Kier alpha value is -1.34. The summed E-state index contributed by atoms with van der Waals surface area (Å²) in [6.07, 6.45) is -30.6. The lowest BCUT2D eigenvalue weighted by Gasteiger charge is -2.59. The molecule has 0 radical (unpaired) electrons. The fourth-order valence-electron chi connectivity index (χ4n) is 16.6. The van der Waals surface area contributed by atoms with E-state index in [4.69, 9.17) is 56.8 Å². The normalized spacial score (nSPS) is 55.7. The van der Waals surface area contributed by atoms with Gasteiger partial charge in [-0.2, -0.15) is 0 Å². The Morgan fingerprint density at radius 2 is 1.13 bits per heavy atom. The van der Waals surface area contributed by atoms with Crippen LogP contribution in [-0.2, 0) is 56.8 Å². The smallest absolute Gasteiger partial charge is 0.187 e. The van der Waals surface area contributed by atoms with Crippen LogP contribution in [0.1, 0.15) is 106 Å². The summed E-state index contributed by atoms with van der Waals surface area (Å²) in [5.41, 5.74) is -0.788. The van der Waals surface area contributed by atoms with Crippen molar-refractivity contribution in [3.05, 3.63) is 11.6 Å². The predicted octanol–water partition coefficient (Wildman–Crippen LogP) is -3.36. The van der Waals surface area contributed by atoms with Gasteiger partial charge in [0.25, 0.3) is 0 Å². The number of methoxy groups -OCH3 is 1. The number of aliphatic hydroxyl groups is 15. The summed E-state index contributed by atoms with van der Waals surface area (Å²) in [4.78, 5) is 0. The zero-order valence-electron chi connectivity index (χ0n) is 49.6. The molecule has 9 fully saturated rings. The largest absolute Gasteiger partial charge is 0.394 e. The number of hydrogen-bond donors (Lipinski definition) is 15. The average molecular weight is 1230 g/mol. The van der Waals surface area contributed by atoms with Crippen LogP contribution < -0.4 is 0 Å². The average Bonchev–Trinajstić information content (AvgIpc) is 1.54. The van der Waals surface area contributed by atoms with E-state index in [-0.39, 0.29) is 35.7 Å². The van der Waals surface area contributed by atoms with Crippen molar-refractivity contribution in [2.24, 2.45) is 40.4 Å². The molecule has 15 N–H and O–H groups in total. The van der Waals surface area contributed by atoms with Crippen LogP contribution in [0, 0.1) is 40.4 Å². The Morgan fingerprint density at radius 1 is 0.576 bits per heavy atom. The molecule has 0 amide bonds. The second-order valence-corrected chi connectivity index (χ2v) is 26.9. The van der Waals surface area contributed by atoms with Gasteiger partial charge in [-0.05, 0) is 101 Å². The predicted molar refractivity (Wildman–Crippen MR) is 286 cm³/mol. The van der Waals surface area contributed by atoms with Crippen molar-refractivity contribution in [1.82, 2.24) is 0 Å². The van der Waals surface area contributed by atoms with E-state index in [1.54, 1.807) is 7.11 Å². The maximum Gasteiger partial charge on any atom is 0.187 e. The molecule has 85 heavy (non-hydrogen) atoms. The van der Waals surface area contributed by atoms with Crippen molar-refractivity contribution in [3.8, 4) is 0 Å². The number of hydrogen-bond acceptors (Lipinski definition) is 27. The van der Waals surface area contributed by atoms with Crippen molar-refractivity contribution in [1.29, 1.82) is 0 Å². The van der Waals surface area contributed by atoms with E-state index in [9.17, 15) is 76.6 Å². The Kier molecular flexibility index (Phi) is 20.1. The molecule has 27 heteroatoms. The zero-order chi connectivity index (χ0) is 61.7. The summed E-state index contributed by atoms with van der Waals surface area (Å²) in [6, 6.07) is 0. The number of ether oxygens (including phenoxy) is 12. The molecule has 0 aromatic rings. The summed E-state index contributed by atoms with van der Waals surface area (Å²) in [7, 11) is 1.60. The van der Waals surface area contributed by atoms with Gasteiger partial charge in [-0.1, -0.05) is 39.3 Å². The second-order valence-electron chi connectivity index (χ2n) is 26.9. The maximum atomic E-state index is 13.2. The molecule has 0 bridgehead atoms. The third kappa shape index (κ3) is 11.6. The molecule has 36 atom stereocenters. The molecule has 10 rings (SSSR count). The Morgan fingerprint density at radius 3 is 1.74 bits per heavy atom. The highest BCUT2D eigenvalue weighted by molar-refractivity contribution is 5.29. The molecule has 6 saturated heterocycles. The van der Waals surface area contributed by atoms with E-state index < -0.39 is 202 Å². The van der Waals surface area contributed by atoms with Gasteiger partial charge in [0.1, 0.15) is 109 Å². The van der Waals surface area contributed by atoms with Crippen molar-refractivity contribution in [2.75, 3.05) is 26.9 Å². The molecule has 27 nitrogen and oxygen atoms in total. The topological polar surface area (TPSA) is 414 Å². The Balaban J connectivity index is 0.801. The minimum Gasteiger partial charge on any atom is -0.394 e. The van der Waals surface area contributed by atoms with Crippen LogP contribution in [-0.4, -0.2) is 281 Å². The number of fused-ring (bicyclic) bond motifs is 7. The summed E-state index contributed by atoms with van der Waals surface area (Å²) in [5, 5.41) is 163. The fourth-order valence-corrected chi connectivity index (χ4v) is 16.6. The molecule has 0 aromatic carbocycles. The van der Waals surface area contributed by atoms with Gasteiger partial charge in [0, 0.05) is 24.9 Å². The van der Waals surface area contributed by atoms with Gasteiger partial charge in [-0.3, -0.25) is 0 Å². The van der Waals surface area contributed by atoms with Crippen LogP contribution in [0.5, 0.6) is 0 Å². The minimum absolute atomic E-state index is 0.105. The lowest BCUT2D eigenvalue weighted by atomic mass is 9.46. The SMILES string of the molecule is COC1(CCC(C)COC2OC(CO)C(O)C(O)C2O)OC2CC3C4CC=C5CC(OC6OC(CO)C(OC7OC(C)C(OC8OC(C)C(O)C(O)C8O)C(O)C7O)C(O)C6OC6OC(C)C(O)C(O)C6O)CCC5(C)C4CCC3(C)C2(O)C1C. The molecule has 490 valence electrons. The molecule has 10 aliphatic rings. The van der Waals surface area contributed by atoms with Crippen molar-refractivity contribution in [3.63, 3.8) is 0 Å². The fraction of sp³-hybridized carbons (Fsp3) is 0.966. The van der Waals surface area contributed by atoms with Crippen molar-refractivity contribution >= 4 is 0 Å². The van der Waals surface area contributed by atoms with Gasteiger partial charge in [0.05, 0.1) is 50.3 Å². The third-order valence-electron chi connectivity index (χ3n) is 22.1. The highest BCUT2D eigenvalue weighted by atomic mass is 16.8. The van der Waals surface area contributed by atoms with Crippen molar-refractivity contribution < 1.29 is 133 Å². The highest BCUT2D eigenvalue weighted by Gasteiger charge is 2.76. The lowest BCUT2D eigenvalue weighted by Crippen LogP contribution is -2.67. The van der Waals surface area contributed by atoms with Crippen molar-refractivity contribution in [2.45, 2.75) is 283 Å². The first-order valence-electron chi connectivity index (χ1n) is 30.6. The van der Waals surface area contributed by atoms with E-state index in [0.717, 1.165) is 19.3 Å². The highest BCUT2D eigenvalue weighted by Crippen LogP contribution is 2.72. The maximum absolute atomic E-state index is 13.2. The van der Waals surface area contributed by atoms with Crippen LogP contribution in [0.3, 0.4) is 0 Å². The third-order valence-corrected chi connectivity index (χ3v) is 22.1. The van der Waals surface area contributed by atoms with Gasteiger partial charge in [0.2, 0.25) is 0 Å².